The first-order valence-electron chi connectivity index (χ1n) is 7.12. The standard InChI is InChI=1S/C15H18N4O3/c1-10-7-11(8-18-6-4-16-12(10)18)17-14(22)19-5-3-15(2,9-19)13(20)21/h4,6-8H,3,5,9H2,1-2H3,(H,17,22)(H,20,21). The first-order chi connectivity index (χ1) is 10.4. The fourth-order valence-corrected chi connectivity index (χ4v) is 2.79. The van der Waals surface area contributed by atoms with Gasteiger partial charge < -0.3 is 19.7 Å². The molecule has 1 saturated heterocycles. The molecule has 0 saturated carbocycles. The van der Waals surface area contributed by atoms with Gasteiger partial charge in [0.05, 0.1) is 11.1 Å². The van der Waals surface area contributed by atoms with Crippen molar-refractivity contribution in [1.82, 2.24) is 14.3 Å². The van der Waals surface area contributed by atoms with E-state index in [2.05, 4.69) is 10.3 Å². The molecule has 2 N–H and O–H groups in total. The zero-order valence-corrected chi connectivity index (χ0v) is 12.5. The Hall–Kier alpha value is -2.57. The Balaban J connectivity index is 1.75. The summed E-state index contributed by atoms with van der Waals surface area (Å²) in [7, 11) is 0. The molecule has 0 radical (unpaired) electrons. The first kappa shape index (κ1) is 14.4. The maximum atomic E-state index is 12.3. The second-order valence-corrected chi connectivity index (χ2v) is 6.04. The Morgan fingerprint density at radius 2 is 2.23 bits per heavy atom. The summed E-state index contributed by atoms with van der Waals surface area (Å²) in [6.45, 7) is 4.26. The molecule has 2 aromatic rings. The van der Waals surface area contributed by atoms with Crippen LogP contribution in [0, 0.1) is 12.3 Å². The summed E-state index contributed by atoms with van der Waals surface area (Å²) in [5.74, 6) is -0.863. The third-order valence-corrected chi connectivity index (χ3v) is 4.20. The number of hydrogen-bond donors (Lipinski definition) is 2. The number of rotatable bonds is 2. The van der Waals surface area contributed by atoms with Gasteiger partial charge in [0.1, 0.15) is 5.65 Å². The normalized spacial score (nSPS) is 21.3. The number of carbonyl (C=O) groups is 2. The Morgan fingerprint density at radius 3 is 2.91 bits per heavy atom. The van der Waals surface area contributed by atoms with Crippen molar-refractivity contribution < 1.29 is 14.7 Å². The molecule has 0 bridgehead atoms. The van der Waals surface area contributed by atoms with Gasteiger partial charge in [-0.05, 0) is 31.9 Å². The molecular weight excluding hydrogens is 284 g/mol. The van der Waals surface area contributed by atoms with Crippen LogP contribution >= 0.6 is 0 Å². The topological polar surface area (TPSA) is 86.9 Å². The number of carboxylic acids is 1. The number of anilines is 1. The van der Waals surface area contributed by atoms with E-state index in [4.69, 9.17) is 0 Å². The van der Waals surface area contributed by atoms with Crippen LogP contribution in [0.3, 0.4) is 0 Å². The zero-order valence-electron chi connectivity index (χ0n) is 12.5. The van der Waals surface area contributed by atoms with Crippen LogP contribution < -0.4 is 5.32 Å². The van der Waals surface area contributed by atoms with E-state index in [0.29, 0.717) is 18.7 Å². The lowest BCUT2D eigenvalue weighted by Crippen LogP contribution is -2.37. The van der Waals surface area contributed by atoms with E-state index in [-0.39, 0.29) is 12.6 Å². The molecule has 7 nitrogen and oxygen atoms in total. The third-order valence-electron chi connectivity index (χ3n) is 4.20. The molecule has 2 aromatic heterocycles. The summed E-state index contributed by atoms with van der Waals surface area (Å²) in [4.78, 5) is 29.3. The molecule has 1 aliphatic rings. The number of hydrogen-bond acceptors (Lipinski definition) is 3. The maximum absolute atomic E-state index is 12.3. The highest BCUT2D eigenvalue weighted by Gasteiger charge is 2.42. The van der Waals surface area contributed by atoms with Gasteiger partial charge in [-0.2, -0.15) is 0 Å². The molecular formula is C15H18N4O3. The van der Waals surface area contributed by atoms with E-state index in [9.17, 15) is 14.7 Å². The highest BCUT2D eigenvalue weighted by atomic mass is 16.4. The van der Waals surface area contributed by atoms with E-state index in [1.807, 2.05) is 23.6 Å². The van der Waals surface area contributed by atoms with Crippen molar-refractivity contribution in [2.24, 2.45) is 5.41 Å². The van der Waals surface area contributed by atoms with E-state index in [1.165, 1.54) is 0 Å². The van der Waals surface area contributed by atoms with Gasteiger partial charge in [-0.15, -0.1) is 0 Å². The third kappa shape index (κ3) is 2.38. The van der Waals surface area contributed by atoms with E-state index in [0.717, 1.165) is 11.2 Å². The molecule has 0 aromatic carbocycles. The summed E-state index contributed by atoms with van der Waals surface area (Å²) >= 11 is 0. The van der Waals surface area contributed by atoms with Gasteiger partial charge in [-0.3, -0.25) is 4.79 Å². The Labute approximate surface area is 127 Å². The molecule has 0 aliphatic carbocycles. The number of pyridine rings is 1. The lowest BCUT2D eigenvalue weighted by molar-refractivity contribution is -0.146. The molecule has 0 spiro atoms. The van der Waals surface area contributed by atoms with E-state index < -0.39 is 11.4 Å². The van der Waals surface area contributed by atoms with Crippen LogP contribution in [0.1, 0.15) is 18.9 Å². The number of aryl methyl sites for hydroxylation is 1. The largest absolute Gasteiger partial charge is 0.481 e. The van der Waals surface area contributed by atoms with Gasteiger partial charge in [0.15, 0.2) is 0 Å². The fraction of sp³-hybridized carbons (Fsp3) is 0.400. The highest BCUT2D eigenvalue weighted by Crippen LogP contribution is 2.30. The summed E-state index contributed by atoms with van der Waals surface area (Å²) in [6.07, 6.45) is 5.77. The minimum atomic E-state index is -0.863. The molecule has 2 amide bonds. The number of amides is 2. The van der Waals surface area contributed by atoms with Crippen LogP contribution in [0.4, 0.5) is 10.5 Å². The van der Waals surface area contributed by atoms with Crippen molar-refractivity contribution in [2.75, 3.05) is 18.4 Å². The molecule has 7 heteroatoms. The van der Waals surface area contributed by atoms with Gasteiger partial charge >= 0.3 is 12.0 Å². The Morgan fingerprint density at radius 1 is 1.45 bits per heavy atom. The zero-order chi connectivity index (χ0) is 15.9. The lowest BCUT2D eigenvalue weighted by Gasteiger charge is -2.20. The van der Waals surface area contributed by atoms with Crippen LogP contribution in [0.5, 0.6) is 0 Å². The van der Waals surface area contributed by atoms with Crippen molar-refractivity contribution in [3.05, 3.63) is 30.2 Å². The van der Waals surface area contributed by atoms with Gasteiger partial charge in [0, 0.05) is 31.7 Å². The van der Waals surface area contributed by atoms with E-state index >= 15 is 0 Å². The summed E-state index contributed by atoms with van der Waals surface area (Å²) in [5.41, 5.74) is 1.61. The number of aromatic nitrogens is 2. The van der Waals surface area contributed by atoms with Crippen molar-refractivity contribution in [1.29, 1.82) is 0 Å². The second kappa shape index (κ2) is 5.01. The molecule has 1 atom stereocenters. The summed E-state index contributed by atoms with van der Waals surface area (Å²) < 4.78 is 1.84. The predicted octanol–water partition coefficient (Wildman–Crippen LogP) is 1.97. The molecule has 3 heterocycles. The fourth-order valence-electron chi connectivity index (χ4n) is 2.79. The molecule has 116 valence electrons. The number of carboxylic acid groups (broad SMARTS) is 1. The van der Waals surface area contributed by atoms with E-state index in [1.54, 1.807) is 24.2 Å². The Kier molecular flexibility index (Phi) is 3.27. The van der Waals surface area contributed by atoms with Crippen LogP contribution in [0.2, 0.25) is 0 Å². The van der Waals surface area contributed by atoms with Crippen LogP contribution in [0.15, 0.2) is 24.7 Å². The quantitative estimate of drug-likeness (QED) is 0.888. The number of urea groups is 1. The number of imidazole rings is 1. The maximum Gasteiger partial charge on any atom is 0.321 e. The number of fused-ring (bicyclic) bond motifs is 1. The molecule has 3 rings (SSSR count). The molecule has 1 fully saturated rings. The van der Waals surface area contributed by atoms with Crippen LogP contribution in [0.25, 0.3) is 5.65 Å². The first-order valence-corrected chi connectivity index (χ1v) is 7.12. The molecule has 1 aliphatic heterocycles. The molecule has 1 unspecified atom stereocenters. The van der Waals surface area contributed by atoms with Crippen molar-refractivity contribution >= 4 is 23.3 Å². The van der Waals surface area contributed by atoms with Gasteiger partial charge in [0.2, 0.25) is 0 Å². The number of likely N-dealkylation sites (tertiary alicyclic amines) is 1. The van der Waals surface area contributed by atoms with Gasteiger partial charge in [-0.1, -0.05) is 0 Å². The smallest absolute Gasteiger partial charge is 0.321 e. The summed E-state index contributed by atoms with van der Waals surface area (Å²) in [5, 5.41) is 12.1. The van der Waals surface area contributed by atoms with Gasteiger partial charge in [-0.25, -0.2) is 9.78 Å². The predicted molar refractivity (Wildman–Crippen MR) is 80.9 cm³/mol. The number of aliphatic carboxylic acids is 1. The monoisotopic (exact) mass is 302 g/mol. The van der Waals surface area contributed by atoms with Gasteiger partial charge in [0.25, 0.3) is 0 Å². The average Bonchev–Trinajstić information content (AvgIpc) is 3.06. The van der Waals surface area contributed by atoms with Crippen LogP contribution in [-0.4, -0.2) is 44.5 Å². The molecule has 22 heavy (non-hydrogen) atoms. The minimum absolute atomic E-state index is 0.223. The highest BCUT2D eigenvalue weighted by molar-refractivity contribution is 5.90. The van der Waals surface area contributed by atoms with Crippen LogP contribution in [-0.2, 0) is 4.79 Å². The number of carbonyl (C=O) groups excluding carboxylic acids is 1. The number of nitrogens with one attached hydrogen (secondary N) is 1. The van der Waals surface area contributed by atoms with Crippen molar-refractivity contribution in [2.45, 2.75) is 20.3 Å². The number of nitrogens with zero attached hydrogens (tertiary/aromatic N) is 3. The second-order valence-electron chi connectivity index (χ2n) is 6.04. The SMILES string of the molecule is Cc1cc(NC(=O)N2CCC(C)(C(=O)O)C2)cn2ccnc12. The minimum Gasteiger partial charge on any atom is -0.481 e. The summed E-state index contributed by atoms with van der Waals surface area (Å²) in [6, 6.07) is 1.58. The van der Waals surface area contributed by atoms with Crippen molar-refractivity contribution in [3.63, 3.8) is 0 Å². The average molecular weight is 302 g/mol. The Bertz CT molecular complexity index is 754. The lowest BCUT2D eigenvalue weighted by atomic mass is 9.90. The van der Waals surface area contributed by atoms with Crippen molar-refractivity contribution in [3.8, 4) is 0 Å².